The van der Waals surface area contributed by atoms with E-state index >= 15 is 0 Å². The number of nitrogens with two attached hydrogens (primary N) is 1. The lowest BCUT2D eigenvalue weighted by molar-refractivity contribution is -0.120. The molecule has 1 aliphatic carbocycles. The van der Waals surface area contributed by atoms with E-state index in [-0.39, 0.29) is 11.8 Å². The number of hydrogen-bond donors (Lipinski definition) is 2. The molecule has 2 heterocycles. The Labute approximate surface area is 96.5 Å². The molecule has 0 bridgehead atoms. The number of rotatable bonds is 3. The third-order valence-electron chi connectivity index (χ3n) is 4.57. The molecule has 90 valence electrons. The van der Waals surface area contributed by atoms with Gasteiger partial charge in [0.2, 0.25) is 5.91 Å². The van der Waals surface area contributed by atoms with Crippen LogP contribution in [0, 0.1) is 23.7 Å². The van der Waals surface area contributed by atoms with Crippen molar-refractivity contribution in [1.29, 1.82) is 0 Å². The Hall–Kier alpha value is -0.610. The minimum absolute atomic E-state index is 0.0727. The molecule has 0 unspecified atom stereocenters. The van der Waals surface area contributed by atoms with Crippen LogP contribution in [0.3, 0.4) is 0 Å². The highest BCUT2D eigenvalue weighted by atomic mass is 16.1. The van der Waals surface area contributed by atoms with Crippen LogP contribution in [0.1, 0.15) is 12.8 Å². The summed E-state index contributed by atoms with van der Waals surface area (Å²) < 4.78 is 0. The predicted octanol–water partition coefficient (Wildman–Crippen LogP) is -0.351. The number of nitrogens with one attached hydrogen (secondary N) is 1. The summed E-state index contributed by atoms with van der Waals surface area (Å²) >= 11 is 0. The highest BCUT2D eigenvalue weighted by Crippen LogP contribution is 2.51. The van der Waals surface area contributed by atoms with E-state index in [1.54, 1.807) is 0 Å². The average Bonchev–Trinajstić information content (AvgIpc) is 2.79. The van der Waals surface area contributed by atoms with Crippen molar-refractivity contribution < 1.29 is 4.79 Å². The van der Waals surface area contributed by atoms with Crippen LogP contribution < -0.4 is 11.1 Å². The van der Waals surface area contributed by atoms with E-state index in [9.17, 15) is 4.79 Å². The molecule has 4 nitrogen and oxygen atoms in total. The van der Waals surface area contributed by atoms with E-state index in [2.05, 4.69) is 10.2 Å². The summed E-state index contributed by atoms with van der Waals surface area (Å²) in [6.07, 6.45) is 2.62. The van der Waals surface area contributed by atoms with Gasteiger partial charge in [-0.05, 0) is 43.7 Å². The maximum absolute atomic E-state index is 11.1. The molecule has 16 heavy (non-hydrogen) atoms. The van der Waals surface area contributed by atoms with Crippen LogP contribution in [0.25, 0.3) is 0 Å². The summed E-state index contributed by atoms with van der Waals surface area (Å²) in [5, 5.41) is 3.40. The molecular formula is C12H21N3O. The Morgan fingerprint density at radius 1 is 1.25 bits per heavy atom. The number of primary amides is 1. The molecule has 1 amide bonds. The lowest BCUT2D eigenvalue weighted by Gasteiger charge is -2.28. The first-order chi connectivity index (χ1) is 7.75. The normalized spacial score (nSPS) is 39.6. The van der Waals surface area contributed by atoms with Gasteiger partial charge < -0.3 is 16.0 Å². The van der Waals surface area contributed by atoms with Gasteiger partial charge in [-0.1, -0.05) is 0 Å². The molecule has 0 aromatic rings. The van der Waals surface area contributed by atoms with E-state index in [0.717, 1.165) is 19.0 Å². The second-order valence-corrected chi connectivity index (χ2v) is 5.67. The Bertz CT molecular complexity index is 276. The van der Waals surface area contributed by atoms with E-state index in [1.165, 1.54) is 32.5 Å². The molecule has 3 aliphatic rings. The zero-order valence-electron chi connectivity index (χ0n) is 9.69. The number of hydrogen-bond acceptors (Lipinski definition) is 3. The van der Waals surface area contributed by atoms with E-state index in [0.29, 0.717) is 11.8 Å². The van der Waals surface area contributed by atoms with Gasteiger partial charge >= 0.3 is 0 Å². The second kappa shape index (κ2) is 4.00. The van der Waals surface area contributed by atoms with Crippen molar-refractivity contribution in [2.45, 2.75) is 12.8 Å². The first kappa shape index (κ1) is 10.5. The fourth-order valence-electron chi connectivity index (χ4n) is 3.61. The van der Waals surface area contributed by atoms with Gasteiger partial charge in [0, 0.05) is 25.6 Å². The Morgan fingerprint density at radius 3 is 2.44 bits per heavy atom. The predicted molar refractivity (Wildman–Crippen MR) is 61.7 cm³/mol. The quantitative estimate of drug-likeness (QED) is 0.687. The lowest BCUT2D eigenvalue weighted by atomic mass is 9.97. The summed E-state index contributed by atoms with van der Waals surface area (Å²) in [6.45, 7) is 5.81. The van der Waals surface area contributed by atoms with Crippen LogP contribution >= 0.6 is 0 Å². The molecule has 3 fully saturated rings. The maximum atomic E-state index is 11.1. The molecule has 1 saturated carbocycles. The van der Waals surface area contributed by atoms with Crippen LogP contribution in [-0.4, -0.2) is 43.5 Å². The number of likely N-dealkylation sites (tertiary alicyclic amines) is 1. The van der Waals surface area contributed by atoms with Crippen molar-refractivity contribution >= 4 is 5.91 Å². The molecule has 2 saturated heterocycles. The first-order valence-electron chi connectivity index (χ1n) is 6.48. The van der Waals surface area contributed by atoms with Gasteiger partial charge in [-0.3, -0.25) is 4.79 Å². The van der Waals surface area contributed by atoms with Crippen molar-refractivity contribution in [2.75, 3.05) is 32.7 Å². The van der Waals surface area contributed by atoms with Crippen LogP contribution in [0.2, 0.25) is 0 Å². The number of carbonyl (C=O) groups excluding carboxylic acids is 1. The van der Waals surface area contributed by atoms with Crippen molar-refractivity contribution in [3.63, 3.8) is 0 Å². The fourth-order valence-corrected chi connectivity index (χ4v) is 3.61. The molecule has 3 N–H and O–H groups in total. The lowest BCUT2D eigenvalue weighted by Crippen LogP contribution is -2.37. The number of amides is 1. The molecule has 3 rings (SSSR count). The summed E-state index contributed by atoms with van der Waals surface area (Å²) in [4.78, 5) is 13.6. The summed E-state index contributed by atoms with van der Waals surface area (Å²) in [6, 6.07) is 0. The zero-order valence-corrected chi connectivity index (χ0v) is 9.69. The molecule has 3 atom stereocenters. The van der Waals surface area contributed by atoms with Gasteiger partial charge in [-0.25, -0.2) is 0 Å². The van der Waals surface area contributed by atoms with Gasteiger partial charge in [-0.2, -0.15) is 0 Å². The topological polar surface area (TPSA) is 58.4 Å². The van der Waals surface area contributed by atoms with Gasteiger partial charge in [0.25, 0.3) is 0 Å². The summed E-state index contributed by atoms with van der Waals surface area (Å²) in [7, 11) is 0. The van der Waals surface area contributed by atoms with Crippen molar-refractivity contribution in [1.82, 2.24) is 10.2 Å². The molecule has 4 heteroatoms. The minimum atomic E-state index is -0.0727. The first-order valence-corrected chi connectivity index (χ1v) is 6.48. The standard InChI is InChI=1S/C12H21N3O/c13-12(16)11-9-6-15(7-10(9)11)5-8-1-3-14-4-2-8/h8-11,14H,1-7H2,(H2,13,16)/t9-,10+,11+. The number of carbonyl (C=O) groups is 1. The van der Waals surface area contributed by atoms with Crippen molar-refractivity contribution in [3.8, 4) is 0 Å². The van der Waals surface area contributed by atoms with Gasteiger partial charge in [0.05, 0.1) is 0 Å². The zero-order chi connectivity index (χ0) is 11.1. The molecule has 0 aromatic heterocycles. The Kier molecular flexibility index (Phi) is 2.64. The SMILES string of the molecule is NC(=O)[C@H]1[C@@H]2CN(CC3CCNCC3)C[C@@H]21. The third-order valence-corrected chi connectivity index (χ3v) is 4.57. The van der Waals surface area contributed by atoms with Crippen LogP contribution in [0.15, 0.2) is 0 Å². The Morgan fingerprint density at radius 2 is 1.88 bits per heavy atom. The summed E-state index contributed by atoms with van der Waals surface area (Å²) in [5.74, 6) is 2.20. The smallest absolute Gasteiger partial charge is 0.221 e. The molecule has 0 radical (unpaired) electrons. The highest BCUT2D eigenvalue weighted by molar-refractivity contribution is 5.80. The minimum Gasteiger partial charge on any atom is -0.369 e. The summed E-state index contributed by atoms with van der Waals surface area (Å²) in [5.41, 5.74) is 5.35. The van der Waals surface area contributed by atoms with Gasteiger partial charge in [0.1, 0.15) is 0 Å². The monoisotopic (exact) mass is 223 g/mol. The number of piperidine rings is 2. The van der Waals surface area contributed by atoms with Crippen LogP contribution in [-0.2, 0) is 4.79 Å². The van der Waals surface area contributed by atoms with Gasteiger partial charge in [0.15, 0.2) is 0 Å². The number of fused-ring (bicyclic) bond motifs is 1. The van der Waals surface area contributed by atoms with Crippen LogP contribution in [0.5, 0.6) is 0 Å². The Balaban J connectivity index is 1.45. The number of nitrogens with zero attached hydrogens (tertiary/aromatic N) is 1. The van der Waals surface area contributed by atoms with E-state index in [1.807, 2.05) is 0 Å². The van der Waals surface area contributed by atoms with Crippen molar-refractivity contribution in [3.05, 3.63) is 0 Å². The average molecular weight is 223 g/mol. The van der Waals surface area contributed by atoms with E-state index < -0.39 is 0 Å². The van der Waals surface area contributed by atoms with Crippen LogP contribution in [0.4, 0.5) is 0 Å². The third kappa shape index (κ3) is 1.84. The second-order valence-electron chi connectivity index (χ2n) is 5.67. The molecule has 0 aromatic carbocycles. The molecule has 0 spiro atoms. The fraction of sp³-hybridized carbons (Fsp3) is 0.917. The molecular weight excluding hydrogens is 202 g/mol. The molecule has 2 aliphatic heterocycles. The van der Waals surface area contributed by atoms with E-state index in [4.69, 9.17) is 5.73 Å². The van der Waals surface area contributed by atoms with Crippen molar-refractivity contribution in [2.24, 2.45) is 29.4 Å². The van der Waals surface area contributed by atoms with Gasteiger partial charge in [-0.15, -0.1) is 0 Å². The largest absolute Gasteiger partial charge is 0.369 e. The highest BCUT2D eigenvalue weighted by Gasteiger charge is 2.58. The maximum Gasteiger partial charge on any atom is 0.221 e.